The third-order valence-electron chi connectivity index (χ3n) is 3.74. The Bertz CT molecular complexity index is 842. The van der Waals surface area contributed by atoms with Crippen molar-refractivity contribution in [1.82, 2.24) is 4.98 Å². The summed E-state index contributed by atoms with van der Waals surface area (Å²) in [5.41, 5.74) is 3.46. The summed E-state index contributed by atoms with van der Waals surface area (Å²) >= 11 is 0. The highest BCUT2D eigenvalue weighted by Crippen LogP contribution is 2.20. The van der Waals surface area contributed by atoms with Gasteiger partial charge in [0.2, 0.25) is 0 Å². The van der Waals surface area contributed by atoms with Crippen LogP contribution in [0.25, 0.3) is 10.9 Å². The molecule has 0 radical (unpaired) electrons. The summed E-state index contributed by atoms with van der Waals surface area (Å²) < 4.78 is 18.2. The molecule has 1 heterocycles. The molecule has 5 heteroatoms. The van der Waals surface area contributed by atoms with Crippen LogP contribution in [0.5, 0.6) is 0 Å². The fraction of sp³-hybridized carbons (Fsp3) is 0.167. The zero-order valence-corrected chi connectivity index (χ0v) is 12.7. The predicted molar refractivity (Wildman–Crippen MR) is 87.7 cm³/mol. The number of nitrogens with one attached hydrogen (secondary N) is 2. The Morgan fingerprint density at radius 1 is 1.22 bits per heavy atom. The lowest BCUT2D eigenvalue weighted by Gasteiger charge is -2.12. The molecule has 4 nitrogen and oxygen atoms in total. The molecule has 0 aliphatic carbocycles. The van der Waals surface area contributed by atoms with Crippen molar-refractivity contribution in [2.45, 2.75) is 13.0 Å². The summed E-state index contributed by atoms with van der Waals surface area (Å²) in [6, 6.07) is 12.4. The monoisotopic (exact) mass is 312 g/mol. The molecule has 118 valence electrons. The van der Waals surface area contributed by atoms with Crippen LogP contribution in [0.2, 0.25) is 0 Å². The molecule has 2 N–H and O–H groups in total. The molecule has 0 unspecified atom stereocenters. The smallest absolute Gasteiger partial charge is 0.310 e. The number of H-pyrrole nitrogens is 1. The minimum atomic E-state index is -0.353. The summed E-state index contributed by atoms with van der Waals surface area (Å²) in [7, 11) is 1.34. The molecule has 0 aliphatic heterocycles. The van der Waals surface area contributed by atoms with E-state index in [-0.39, 0.29) is 18.2 Å². The lowest BCUT2D eigenvalue weighted by atomic mass is 10.1. The van der Waals surface area contributed by atoms with E-state index in [9.17, 15) is 9.18 Å². The number of aromatic nitrogens is 1. The quantitative estimate of drug-likeness (QED) is 0.707. The number of hydrogen-bond donors (Lipinski definition) is 2. The summed E-state index contributed by atoms with van der Waals surface area (Å²) in [6.45, 7) is 0.540. The van der Waals surface area contributed by atoms with Crippen LogP contribution in [-0.2, 0) is 22.5 Å². The van der Waals surface area contributed by atoms with Crippen LogP contribution in [0, 0.1) is 5.82 Å². The van der Waals surface area contributed by atoms with Crippen LogP contribution in [0.3, 0.4) is 0 Å². The van der Waals surface area contributed by atoms with E-state index in [2.05, 4.69) is 21.1 Å². The first-order chi connectivity index (χ1) is 11.2. The number of carbonyl (C=O) groups is 1. The second-order valence-corrected chi connectivity index (χ2v) is 5.31. The van der Waals surface area contributed by atoms with E-state index in [1.54, 1.807) is 6.07 Å². The Morgan fingerprint density at radius 3 is 2.91 bits per heavy atom. The third kappa shape index (κ3) is 3.51. The highest BCUT2D eigenvalue weighted by Gasteiger charge is 2.09. The third-order valence-corrected chi connectivity index (χ3v) is 3.74. The van der Waals surface area contributed by atoms with E-state index < -0.39 is 0 Å². The van der Waals surface area contributed by atoms with Crippen molar-refractivity contribution in [1.29, 1.82) is 0 Å². The van der Waals surface area contributed by atoms with Gasteiger partial charge in [0.25, 0.3) is 0 Å². The van der Waals surface area contributed by atoms with E-state index in [1.165, 1.54) is 19.2 Å². The molecule has 0 saturated heterocycles. The molecule has 0 spiro atoms. The summed E-state index contributed by atoms with van der Waals surface area (Å²) in [5, 5.41) is 4.32. The first-order valence-electron chi connectivity index (χ1n) is 7.31. The Morgan fingerprint density at radius 2 is 2.09 bits per heavy atom. The van der Waals surface area contributed by atoms with Crippen molar-refractivity contribution in [2.24, 2.45) is 0 Å². The second kappa shape index (κ2) is 6.52. The first-order valence-corrected chi connectivity index (χ1v) is 7.31. The van der Waals surface area contributed by atoms with Gasteiger partial charge in [-0.2, -0.15) is 0 Å². The van der Waals surface area contributed by atoms with Crippen molar-refractivity contribution in [2.75, 3.05) is 12.4 Å². The zero-order valence-electron chi connectivity index (χ0n) is 12.7. The lowest BCUT2D eigenvalue weighted by molar-refractivity contribution is -0.139. The second-order valence-electron chi connectivity index (χ2n) is 5.31. The van der Waals surface area contributed by atoms with Crippen LogP contribution in [0.4, 0.5) is 10.1 Å². The average molecular weight is 312 g/mol. The number of anilines is 1. The molecule has 23 heavy (non-hydrogen) atoms. The molecule has 3 rings (SSSR count). The average Bonchev–Trinajstić information content (AvgIpc) is 3.02. The Labute approximate surface area is 133 Å². The van der Waals surface area contributed by atoms with E-state index in [4.69, 9.17) is 0 Å². The van der Waals surface area contributed by atoms with Crippen molar-refractivity contribution in [3.8, 4) is 0 Å². The van der Waals surface area contributed by atoms with Crippen LogP contribution in [0.15, 0.2) is 48.7 Å². The van der Waals surface area contributed by atoms with Crippen molar-refractivity contribution >= 4 is 22.6 Å². The fourth-order valence-electron chi connectivity index (χ4n) is 2.51. The Kier molecular flexibility index (Phi) is 4.28. The van der Waals surface area contributed by atoms with Gasteiger partial charge in [-0.1, -0.05) is 12.1 Å². The molecule has 0 amide bonds. The van der Waals surface area contributed by atoms with Gasteiger partial charge in [-0.25, -0.2) is 4.39 Å². The summed E-state index contributed by atoms with van der Waals surface area (Å²) in [4.78, 5) is 14.6. The van der Waals surface area contributed by atoms with E-state index >= 15 is 0 Å². The van der Waals surface area contributed by atoms with Gasteiger partial charge < -0.3 is 15.0 Å². The minimum Gasteiger partial charge on any atom is -0.469 e. The van der Waals surface area contributed by atoms with Gasteiger partial charge in [0.15, 0.2) is 0 Å². The summed E-state index contributed by atoms with van der Waals surface area (Å²) in [5.74, 6) is -0.699. The molecule has 0 bridgehead atoms. The van der Waals surface area contributed by atoms with Gasteiger partial charge in [-0.15, -0.1) is 0 Å². The maximum Gasteiger partial charge on any atom is 0.310 e. The molecular weight excluding hydrogens is 295 g/mol. The summed E-state index contributed by atoms with van der Waals surface area (Å²) in [6.07, 6.45) is 2.00. The minimum absolute atomic E-state index is 0.107. The molecular formula is C18H17FN2O2. The highest BCUT2D eigenvalue weighted by molar-refractivity contribution is 5.80. The standard InChI is InChI=1S/C18H17FN2O2/c1-23-18(22)9-13-3-4-15(19)10-17(13)21-11-12-2-5-16-14(8-12)6-7-20-16/h2-8,10,20-21H,9,11H2,1H3. The molecule has 0 aliphatic rings. The predicted octanol–water partition coefficient (Wildman–Crippen LogP) is 3.63. The number of fused-ring (bicyclic) bond motifs is 1. The molecule has 0 saturated carbocycles. The number of methoxy groups -OCH3 is 1. The fourth-order valence-corrected chi connectivity index (χ4v) is 2.51. The number of rotatable bonds is 5. The molecule has 2 aromatic carbocycles. The SMILES string of the molecule is COC(=O)Cc1ccc(F)cc1NCc1ccc2[nH]ccc2c1. The highest BCUT2D eigenvalue weighted by atomic mass is 19.1. The van der Waals surface area contributed by atoms with Gasteiger partial charge >= 0.3 is 5.97 Å². The number of aromatic amines is 1. The molecule has 0 fully saturated rings. The van der Waals surface area contributed by atoms with E-state index in [0.717, 1.165) is 16.5 Å². The van der Waals surface area contributed by atoms with Crippen molar-refractivity contribution < 1.29 is 13.9 Å². The van der Waals surface area contributed by atoms with Gasteiger partial charge in [-0.05, 0) is 46.8 Å². The number of carbonyl (C=O) groups excluding carboxylic acids is 1. The Hall–Kier alpha value is -2.82. The molecule has 0 atom stereocenters. The first kappa shape index (κ1) is 15.1. The van der Waals surface area contributed by atoms with Gasteiger partial charge in [0.05, 0.1) is 13.5 Å². The van der Waals surface area contributed by atoms with Gasteiger partial charge in [0.1, 0.15) is 5.82 Å². The maximum absolute atomic E-state index is 13.5. The molecule has 3 aromatic rings. The maximum atomic E-state index is 13.5. The molecule has 1 aromatic heterocycles. The lowest BCUT2D eigenvalue weighted by Crippen LogP contribution is -2.09. The number of halogens is 1. The normalized spacial score (nSPS) is 10.7. The van der Waals surface area contributed by atoms with Gasteiger partial charge in [0, 0.05) is 23.9 Å². The Balaban J connectivity index is 1.78. The van der Waals surface area contributed by atoms with Crippen LogP contribution in [0.1, 0.15) is 11.1 Å². The zero-order chi connectivity index (χ0) is 16.2. The van der Waals surface area contributed by atoms with Crippen LogP contribution in [-0.4, -0.2) is 18.1 Å². The number of esters is 1. The van der Waals surface area contributed by atoms with Crippen LogP contribution < -0.4 is 5.32 Å². The topological polar surface area (TPSA) is 54.1 Å². The van der Waals surface area contributed by atoms with Crippen molar-refractivity contribution in [3.63, 3.8) is 0 Å². The van der Waals surface area contributed by atoms with Crippen molar-refractivity contribution in [3.05, 3.63) is 65.6 Å². The van der Waals surface area contributed by atoms with E-state index in [1.807, 2.05) is 24.4 Å². The van der Waals surface area contributed by atoms with E-state index in [0.29, 0.717) is 17.8 Å². The van der Waals surface area contributed by atoms with Gasteiger partial charge in [-0.3, -0.25) is 4.79 Å². The largest absolute Gasteiger partial charge is 0.469 e. The number of ether oxygens (including phenoxy) is 1. The number of benzene rings is 2. The number of hydrogen-bond acceptors (Lipinski definition) is 3. The van der Waals surface area contributed by atoms with Crippen LogP contribution >= 0.6 is 0 Å².